The number of sulfonamides is 1. The largest absolute Gasteiger partial charge is 0.495 e. The summed E-state index contributed by atoms with van der Waals surface area (Å²) in [5, 5.41) is 8.98. The second kappa shape index (κ2) is 6.40. The lowest BCUT2D eigenvalue weighted by Gasteiger charge is -2.25. The van der Waals surface area contributed by atoms with Gasteiger partial charge < -0.3 is 9.84 Å². The maximum atomic E-state index is 13.3. The summed E-state index contributed by atoms with van der Waals surface area (Å²) in [4.78, 5) is 10.9. The molecule has 132 valence electrons. The number of carboxylic acid groups (broad SMARTS) is 1. The van der Waals surface area contributed by atoms with Crippen LogP contribution >= 0.6 is 0 Å². The van der Waals surface area contributed by atoms with Crippen LogP contribution in [0.15, 0.2) is 47.4 Å². The number of benzene rings is 2. The molecule has 0 radical (unpaired) electrons. The molecule has 0 fully saturated rings. The molecule has 0 aliphatic carbocycles. The number of hydrogen-bond donors (Lipinski definition) is 1. The van der Waals surface area contributed by atoms with Crippen LogP contribution in [0.5, 0.6) is 5.75 Å². The average molecular weight is 361 g/mol. The third-order valence-electron chi connectivity index (χ3n) is 4.26. The van der Waals surface area contributed by atoms with Gasteiger partial charge in [-0.2, -0.15) is 0 Å². The molecule has 25 heavy (non-hydrogen) atoms. The van der Waals surface area contributed by atoms with Gasteiger partial charge in [0.05, 0.1) is 19.2 Å². The van der Waals surface area contributed by atoms with E-state index in [0.29, 0.717) is 17.7 Å². The van der Waals surface area contributed by atoms with E-state index in [-0.39, 0.29) is 23.1 Å². The standard InChI is InChI=1S/C18H19NO5S/c1-12-9-14-5-3-4-6-15(14)19(12)25(22,23)17-10-13(11-18(20)21)7-8-16(17)24-2/h3-8,10,12H,9,11H2,1-2H3,(H,20,21). The zero-order chi connectivity index (χ0) is 18.2. The number of para-hydroxylation sites is 1. The molecule has 1 aliphatic rings. The Labute approximate surface area is 146 Å². The highest BCUT2D eigenvalue weighted by molar-refractivity contribution is 7.93. The summed E-state index contributed by atoms with van der Waals surface area (Å²) < 4.78 is 33.3. The fraction of sp³-hybridized carbons (Fsp3) is 0.278. The number of hydrogen-bond acceptors (Lipinski definition) is 4. The van der Waals surface area contributed by atoms with Gasteiger partial charge in [-0.05, 0) is 42.7 Å². The van der Waals surface area contributed by atoms with Crippen LogP contribution < -0.4 is 9.04 Å². The molecule has 1 heterocycles. The number of aliphatic carboxylic acids is 1. The lowest BCUT2D eigenvalue weighted by atomic mass is 10.1. The molecule has 6 nitrogen and oxygen atoms in total. The zero-order valence-corrected chi connectivity index (χ0v) is 14.8. The van der Waals surface area contributed by atoms with Gasteiger partial charge in [0.1, 0.15) is 10.6 Å². The minimum Gasteiger partial charge on any atom is -0.495 e. The Morgan fingerprint density at radius 2 is 2.00 bits per heavy atom. The minimum atomic E-state index is -3.89. The Balaban J connectivity index is 2.13. The molecule has 1 aliphatic heterocycles. The number of carbonyl (C=O) groups is 1. The predicted octanol–water partition coefficient (Wildman–Crippen LogP) is 2.46. The minimum absolute atomic E-state index is 0.0164. The number of nitrogens with zero attached hydrogens (tertiary/aromatic N) is 1. The summed E-state index contributed by atoms with van der Waals surface area (Å²) in [7, 11) is -2.49. The topological polar surface area (TPSA) is 83.9 Å². The summed E-state index contributed by atoms with van der Waals surface area (Å²) in [6.45, 7) is 1.85. The van der Waals surface area contributed by atoms with Crippen molar-refractivity contribution in [2.75, 3.05) is 11.4 Å². The van der Waals surface area contributed by atoms with E-state index in [0.717, 1.165) is 5.56 Å². The average Bonchev–Trinajstić information content (AvgIpc) is 2.90. The third-order valence-corrected chi connectivity index (χ3v) is 6.21. The second-order valence-electron chi connectivity index (χ2n) is 6.04. The Bertz CT molecular complexity index is 923. The van der Waals surface area contributed by atoms with Gasteiger partial charge in [0.2, 0.25) is 0 Å². The van der Waals surface area contributed by atoms with E-state index in [1.54, 1.807) is 18.2 Å². The van der Waals surface area contributed by atoms with Crippen molar-refractivity contribution in [3.05, 3.63) is 53.6 Å². The van der Waals surface area contributed by atoms with Crippen molar-refractivity contribution in [2.24, 2.45) is 0 Å². The highest BCUT2D eigenvalue weighted by Gasteiger charge is 2.37. The third kappa shape index (κ3) is 3.07. The lowest BCUT2D eigenvalue weighted by molar-refractivity contribution is -0.136. The Morgan fingerprint density at radius 1 is 1.28 bits per heavy atom. The van der Waals surface area contributed by atoms with E-state index >= 15 is 0 Å². The van der Waals surface area contributed by atoms with Gasteiger partial charge >= 0.3 is 5.97 Å². The van der Waals surface area contributed by atoms with Gasteiger partial charge in [-0.25, -0.2) is 8.42 Å². The highest BCUT2D eigenvalue weighted by atomic mass is 32.2. The first kappa shape index (κ1) is 17.3. The van der Waals surface area contributed by atoms with Crippen LogP contribution in [-0.4, -0.2) is 32.6 Å². The molecule has 0 bridgehead atoms. The first-order valence-corrected chi connectivity index (χ1v) is 9.29. The van der Waals surface area contributed by atoms with Crippen LogP contribution in [0, 0.1) is 0 Å². The number of methoxy groups -OCH3 is 1. The number of ether oxygens (including phenoxy) is 1. The zero-order valence-electron chi connectivity index (χ0n) is 14.0. The summed E-state index contributed by atoms with van der Waals surface area (Å²) in [6.07, 6.45) is 0.380. The molecule has 0 saturated heterocycles. The second-order valence-corrected chi connectivity index (χ2v) is 7.82. The van der Waals surface area contributed by atoms with Gasteiger partial charge in [-0.1, -0.05) is 24.3 Å². The maximum Gasteiger partial charge on any atom is 0.307 e. The quantitative estimate of drug-likeness (QED) is 0.884. The van der Waals surface area contributed by atoms with Crippen LogP contribution in [0.3, 0.4) is 0 Å². The van der Waals surface area contributed by atoms with E-state index in [4.69, 9.17) is 9.84 Å². The molecule has 0 saturated carbocycles. The lowest BCUT2D eigenvalue weighted by Crippen LogP contribution is -2.36. The van der Waals surface area contributed by atoms with E-state index in [1.165, 1.54) is 23.5 Å². The molecule has 0 aromatic heterocycles. The van der Waals surface area contributed by atoms with Crippen LogP contribution in [0.25, 0.3) is 0 Å². The van der Waals surface area contributed by atoms with Crippen LogP contribution in [-0.2, 0) is 27.7 Å². The Kier molecular flexibility index (Phi) is 4.43. The normalized spacial score (nSPS) is 16.6. The van der Waals surface area contributed by atoms with E-state index < -0.39 is 16.0 Å². The SMILES string of the molecule is COc1ccc(CC(=O)O)cc1S(=O)(=O)N1c2ccccc2CC1C. The number of fused-ring (bicyclic) bond motifs is 1. The molecular weight excluding hydrogens is 342 g/mol. The summed E-state index contributed by atoms with van der Waals surface area (Å²) in [5.74, 6) is -0.820. The molecule has 0 amide bonds. The van der Waals surface area contributed by atoms with Crippen molar-refractivity contribution in [1.29, 1.82) is 0 Å². The first-order valence-electron chi connectivity index (χ1n) is 7.85. The van der Waals surface area contributed by atoms with Crippen molar-refractivity contribution in [3.63, 3.8) is 0 Å². The van der Waals surface area contributed by atoms with Crippen molar-refractivity contribution in [3.8, 4) is 5.75 Å². The molecule has 3 rings (SSSR count). The van der Waals surface area contributed by atoms with Gasteiger partial charge in [-0.15, -0.1) is 0 Å². The van der Waals surface area contributed by atoms with Crippen molar-refractivity contribution in [2.45, 2.75) is 30.7 Å². The maximum absolute atomic E-state index is 13.3. The van der Waals surface area contributed by atoms with Crippen LogP contribution in [0.1, 0.15) is 18.1 Å². The fourth-order valence-electron chi connectivity index (χ4n) is 3.22. The monoisotopic (exact) mass is 361 g/mol. The molecule has 2 aromatic carbocycles. The summed E-state index contributed by atoms with van der Waals surface area (Å²) >= 11 is 0. The van der Waals surface area contributed by atoms with Crippen LogP contribution in [0.2, 0.25) is 0 Å². The van der Waals surface area contributed by atoms with Gasteiger partial charge in [0.15, 0.2) is 0 Å². The Morgan fingerprint density at radius 3 is 2.68 bits per heavy atom. The summed E-state index contributed by atoms with van der Waals surface area (Å²) in [5.41, 5.74) is 2.03. The molecule has 1 N–H and O–H groups in total. The number of rotatable bonds is 5. The first-order chi connectivity index (χ1) is 11.8. The molecular formula is C18H19NO5S. The molecule has 2 aromatic rings. The van der Waals surface area contributed by atoms with E-state index in [1.807, 2.05) is 19.1 Å². The fourth-order valence-corrected chi connectivity index (χ4v) is 5.12. The van der Waals surface area contributed by atoms with Crippen molar-refractivity contribution < 1.29 is 23.1 Å². The Hall–Kier alpha value is -2.54. The van der Waals surface area contributed by atoms with Crippen LogP contribution in [0.4, 0.5) is 5.69 Å². The van der Waals surface area contributed by atoms with E-state index in [9.17, 15) is 13.2 Å². The number of anilines is 1. The van der Waals surface area contributed by atoms with Gasteiger partial charge in [0, 0.05) is 6.04 Å². The molecule has 0 spiro atoms. The highest BCUT2D eigenvalue weighted by Crippen LogP contribution is 2.38. The van der Waals surface area contributed by atoms with Gasteiger partial charge in [0.25, 0.3) is 10.0 Å². The number of carboxylic acids is 1. The van der Waals surface area contributed by atoms with Gasteiger partial charge in [-0.3, -0.25) is 9.10 Å². The molecule has 7 heteroatoms. The molecule has 1 atom stereocenters. The van der Waals surface area contributed by atoms with E-state index in [2.05, 4.69) is 0 Å². The van der Waals surface area contributed by atoms with Crippen molar-refractivity contribution in [1.82, 2.24) is 0 Å². The smallest absolute Gasteiger partial charge is 0.307 e. The van der Waals surface area contributed by atoms with Crippen molar-refractivity contribution >= 4 is 21.7 Å². The molecule has 1 unspecified atom stereocenters. The predicted molar refractivity (Wildman–Crippen MR) is 93.6 cm³/mol. The summed E-state index contributed by atoms with van der Waals surface area (Å²) in [6, 6.07) is 11.6.